The number of nitrogens with one attached hydrogen (secondary N) is 2. The third-order valence-electron chi connectivity index (χ3n) is 3.21. The van der Waals surface area contributed by atoms with Crippen molar-refractivity contribution in [1.82, 2.24) is 15.6 Å². The topological polar surface area (TPSA) is 74.2 Å². The monoisotopic (exact) mass is 283 g/mol. The van der Waals surface area contributed by atoms with E-state index in [0.29, 0.717) is 19.5 Å². The number of aromatic nitrogens is 1. The molecule has 2 unspecified atom stereocenters. The lowest BCUT2D eigenvalue weighted by molar-refractivity contribution is -0.122. The van der Waals surface area contributed by atoms with Crippen LogP contribution in [0, 0.1) is 6.92 Å². The van der Waals surface area contributed by atoms with Crippen LogP contribution in [-0.4, -0.2) is 41.2 Å². The summed E-state index contributed by atoms with van der Waals surface area (Å²) in [5, 5.41) is 18.5. The average Bonchev–Trinajstić information content (AvgIpc) is 2.98. The molecule has 1 amide bonds. The van der Waals surface area contributed by atoms with Crippen LogP contribution in [0.15, 0.2) is 5.38 Å². The van der Waals surface area contributed by atoms with Crippen LogP contribution in [0.1, 0.15) is 30.0 Å². The van der Waals surface area contributed by atoms with Crippen LogP contribution in [0.3, 0.4) is 0 Å². The largest absolute Gasteiger partial charge is 0.392 e. The molecule has 1 aromatic heterocycles. The first-order chi connectivity index (χ1) is 9.15. The molecule has 2 rings (SSSR count). The van der Waals surface area contributed by atoms with Gasteiger partial charge in [-0.05, 0) is 32.6 Å². The average molecular weight is 283 g/mol. The van der Waals surface area contributed by atoms with Gasteiger partial charge in [0.05, 0.1) is 17.2 Å². The van der Waals surface area contributed by atoms with Crippen LogP contribution in [0.5, 0.6) is 0 Å². The summed E-state index contributed by atoms with van der Waals surface area (Å²) in [6.45, 7) is 3.21. The standard InChI is InChI=1S/C13H21N3O2S/c1-9-8-19-12(16-9)4-2-3-5-14-13(18)11-6-10(17)7-15-11/h8,10-11,15,17H,2-7H2,1H3,(H,14,18). The fourth-order valence-electron chi connectivity index (χ4n) is 2.17. The number of β-amino-alcohol motifs (C(OH)–C–C–N with tert-alkyl or cyclic N) is 1. The van der Waals surface area contributed by atoms with E-state index in [-0.39, 0.29) is 18.1 Å². The van der Waals surface area contributed by atoms with Gasteiger partial charge in [-0.1, -0.05) is 0 Å². The molecule has 1 aliphatic heterocycles. The van der Waals surface area contributed by atoms with Crippen molar-refractivity contribution in [3.05, 3.63) is 16.1 Å². The Labute approximate surface area is 117 Å². The molecule has 2 heterocycles. The van der Waals surface area contributed by atoms with E-state index in [9.17, 15) is 9.90 Å². The van der Waals surface area contributed by atoms with Crippen LogP contribution >= 0.6 is 11.3 Å². The number of rotatable bonds is 6. The predicted molar refractivity (Wildman–Crippen MR) is 75.2 cm³/mol. The van der Waals surface area contributed by atoms with E-state index in [0.717, 1.165) is 25.0 Å². The number of amides is 1. The second kappa shape index (κ2) is 6.98. The molecule has 2 atom stereocenters. The fourth-order valence-corrected chi connectivity index (χ4v) is 2.99. The smallest absolute Gasteiger partial charge is 0.237 e. The van der Waals surface area contributed by atoms with E-state index in [1.807, 2.05) is 6.92 Å². The van der Waals surface area contributed by atoms with Crippen molar-refractivity contribution in [2.24, 2.45) is 0 Å². The Hall–Kier alpha value is -0.980. The molecule has 0 spiro atoms. The van der Waals surface area contributed by atoms with Gasteiger partial charge in [0.1, 0.15) is 0 Å². The van der Waals surface area contributed by atoms with E-state index in [4.69, 9.17) is 0 Å². The highest BCUT2D eigenvalue weighted by molar-refractivity contribution is 7.09. The molecule has 1 aliphatic rings. The van der Waals surface area contributed by atoms with Gasteiger partial charge in [0, 0.05) is 24.2 Å². The quantitative estimate of drug-likeness (QED) is 0.669. The molecule has 0 bridgehead atoms. The fraction of sp³-hybridized carbons (Fsp3) is 0.692. The zero-order chi connectivity index (χ0) is 13.7. The molecule has 1 fully saturated rings. The summed E-state index contributed by atoms with van der Waals surface area (Å²) in [7, 11) is 0. The van der Waals surface area contributed by atoms with Crippen LogP contribution in [0.2, 0.25) is 0 Å². The van der Waals surface area contributed by atoms with Gasteiger partial charge >= 0.3 is 0 Å². The summed E-state index contributed by atoms with van der Waals surface area (Å²) in [4.78, 5) is 16.1. The molecule has 0 aromatic carbocycles. The van der Waals surface area contributed by atoms with Crippen molar-refractivity contribution >= 4 is 17.2 Å². The molecule has 0 saturated carbocycles. The zero-order valence-corrected chi connectivity index (χ0v) is 12.0. The summed E-state index contributed by atoms with van der Waals surface area (Å²) >= 11 is 1.70. The molecule has 19 heavy (non-hydrogen) atoms. The number of unbranched alkanes of at least 4 members (excludes halogenated alkanes) is 1. The number of aliphatic hydroxyl groups is 1. The minimum Gasteiger partial charge on any atom is -0.392 e. The summed E-state index contributed by atoms with van der Waals surface area (Å²) < 4.78 is 0. The second-order valence-corrected chi connectivity index (χ2v) is 5.92. The maximum Gasteiger partial charge on any atom is 0.237 e. The number of carbonyl (C=O) groups excluding carboxylic acids is 1. The maximum atomic E-state index is 11.7. The number of aliphatic hydroxyl groups excluding tert-OH is 1. The van der Waals surface area contributed by atoms with E-state index < -0.39 is 0 Å². The summed E-state index contributed by atoms with van der Waals surface area (Å²) in [5.41, 5.74) is 1.08. The first-order valence-electron chi connectivity index (χ1n) is 6.75. The first-order valence-corrected chi connectivity index (χ1v) is 7.63. The minimum atomic E-state index is -0.385. The van der Waals surface area contributed by atoms with E-state index in [2.05, 4.69) is 21.0 Å². The lowest BCUT2D eigenvalue weighted by atomic mass is 10.2. The van der Waals surface area contributed by atoms with E-state index >= 15 is 0 Å². The molecular formula is C13H21N3O2S. The lowest BCUT2D eigenvalue weighted by Gasteiger charge is -2.10. The van der Waals surface area contributed by atoms with Crippen molar-refractivity contribution in [2.75, 3.05) is 13.1 Å². The van der Waals surface area contributed by atoms with Crippen molar-refractivity contribution in [3.63, 3.8) is 0 Å². The number of aryl methyl sites for hydroxylation is 2. The molecule has 1 saturated heterocycles. The highest BCUT2D eigenvalue weighted by atomic mass is 32.1. The molecule has 0 aliphatic carbocycles. The third-order valence-corrected chi connectivity index (χ3v) is 4.23. The molecule has 106 valence electrons. The molecule has 0 radical (unpaired) electrons. The number of nitrogens with zero attached hydrogens (tertiary/aromatic N) is 1. The molecule has 3 N–H and O–H groups in total. The van der Waals surface area contributed by atoms with Crippen LogP contribution in [-0.2, 0) is 11.2 Å². The van der Waals surface area contributed by atoms with Gasteiger partial charge in [0.25, 0.3) is 0 Å². The Morgan fingerprint density at radius 3 is 3.11 bits per heavy atom. The van der Waals surface area contributed by atoms with Gasteiger partial charge in [-0.2, -0.15) is 0 Å². The van der Waals surface area contributed by atoms with Crippen molar-refractivity contribution < 1.29 is 9.90 Å². The zero-order valence-electron chi connectivity index (χ0n) is 11.2. The lowest BCUT2D eigenvalue weighted by Crippen LogP contribution is -2.40. The van der Waals surface area contributed by atoms with Crippen LogP contribution < -0.4 is 10.6 Å². The highest BCUT2D eigenvalue weighted by Crippen LogP contribution is 2.11. The predicted octanol–water partition coefficient (Wildman–Crippen LogP) is 0.613. The van der Waals surface area contributed by atoms with E-state index in [1.165, 1.54) is 5.01 Å². The molecule has 5 nitrogen and oxygen atoms in total. The van der Waals surface area contributed by atoms with Gasteiger partial charge < -0.3 is 15.7 Å². The molecular weight excluding hydrogens is 262 g/mol. The maximum absolute atomic E-state index is 11.7. The van der Waals surface area contributed by atoms with Crippen LogP contribution in [0.4, 0.5) is 0 Å². The Morgan fingerprint density at radius 1 is 1.63 bits per heavy atom. The Morgan fingerprint density at radius 2 is 2.47 bits per heavy atom. The van der Waals surface area contributed by atoms with Crippen molar-refractivity contribution in [3.8, 4) is 0 Å². The number of hydrogen-bond acceptors (Lipinski definition) is 5. The van der Waals surface area contributed by atoms with Gasteiger partial charge in [-0.25, -0.2) is 4.98 Å². The first kappa shape index (κ1) is 14.4. The normalized spacial score (nSPS) is 22.6. The van der Waals surface area contributed by atoms with Gasteiger partial charge in [0.15, 0.2) is 0 Å². The van der Waals surface area contributed by atoms with Crippen LogP contribution in [0.25, 0.3) is 0 Å². The third kappa shape index (κ3) is 4.56. The Bertz CT molecular complexity index is 422. The molecule has 6 heteroatoms. The Balaban J connectivity index is 1.55. The van der Waals surface area contributed by atoms with Gasteiger partial charge in [0.2, 0.25) is 5.91 Å². The minimum absolute atomic E-state index is 0.00152. The summed E-state index contributed by atoms with van der Waals surface area (Å²) in [6.07, 6.45) is 3.11. The second-order valence-electron chi connectivity index (χ2n) is 4.98. The van der Waals surface area contributed by atoms with Crippen molar-refractivity contribution in [1.29, 1.82) is 0 Å². The summed E-state index contributed by atoms with van der Waals surface area (Å²) in [5.74, 6) is 0.00152. The van der Waals surface area contributed by atoms with Gasteiger partial charge in [-0.15, -0.1) is 11.3 Å². The number of carbonyl (C=O) groups is 1. The molecule has 1 aromatic rings. The number of hydrogen-bond donors (Lipinski definition) is 3. The van der Waals surface area contributed by atoms with E-state index in [1.54, 1.807) is 11.3 Å². The summed E-state index contributed by atoms with van der Waals surface area (Å²) in [6, 6.07) is -0.225. The Kier molecular flexibility index (Phi) is 5.30. The van der Waals surface area contributed by atoms with Crippen molar-refractivity contribution in [2.45, 2.75) is 44.8 Å². The highest BCUT2D eigenvalue weighted by Gasteiger charge is 2.27. The number of thiazole rings is 1. The SMILES string of the molecule is Cc1csc(CCCCNC(=O)C2CC(O)CN2)n1. The van der Waals surface area contributed by atoms with Gasteiger partial charge in [-0.3, -0.25) is 4.79 Å².